The van der Waals surface area contributed by atoms with Crippen molar-refractivity contribution in [2.45, 2.75) is 113 Å². The third kappa shape index (κ3) is 23.8. The predicted octanol–water partition coefficient (Wildman–Crippen LogP) is 7.03. The number of nitrogens with zero attached hydrogens (tertiary/aromatic N) is 1. The Hall–Kier alpha value is -3.33. The molecule has 0 radical (unpaired) electrons. The molecule has 0 spiro atoms. The Kier molecular flexibility index (Phi) is 33.0. The van der Waals surface area contributed by atoms with Crippen molar-refractivity contribution in [1.29, 1.82) is 0 Å². The third-order valence-corrected chi connectivity index (χ3v) is 4.97. The van der Waals surface area contributed by atoms with Gasteiger partial charge in [-0.05, 0) is 45.3 Å². The monoisotopic (exact) mass is 566 g/mol. The minimum absolute atomic E-state index is 0. The van der Waals surface area contributed by atoms with Crippen LogP contribution in [-0.4, -0.2) is 54.4 Å². The van der Waals surface area contributed by atoms with Gasteiger partial charge in [0.05, 0.1) is 24.9 Å². The number of ether oxygens (including phenoxy) is 2. The fraction of sp³-hybridized carbons (Fsp3) is 0.581. The number of amides is 1. The molecule has 2 rings (SSSR count). The molecule has 0 aliphatic carbocycles. The van der Waals surface area contributed by atoms with Gasteiger partial charge in [0.2, 0.25) is 5.91 Å². The van der Waals surface area contributed by atoms with Gasteiger partial charge in [0.25, 0.3) is 6.47 Å². The summed E-state index contributed by atoms with van der Waals surface area (Å²) in [6, 6.07) is 6.24. The maximum atomic E-state index is 11.3. The highest BCUT2D eigenvalue weighted by molar-refractivity contribution is 6.05. The first kappa shape index (κ1) is 43.7. The minimum atomic E-state index is -1.06. The molecule has 1 aromatic rings. The molecule has 1 aliphatic rings. The Balaban J connectivity index is -0.000000220. The Labute approximate surface area is 242 Å². The number of aliphatic imine (C=N–C) groups is 1. The van der Waals surface area contributed by atoms with Crippen molar-refractivity contribution >= 4 is 30.0 Å². The van der Waals surface area contributed by atoms with Crippen LogP contribution in [0.25, 0.3) is 0 Å². The number of hydrogen-bond donors (Lipinski definition) is 2. The van der Waals surface area contributed by atoms with E-state index in [2.05, 4.69) is 23.6 Å². The fourth-order valence-corrected chi connectivity index (χ4v) is 3.06. The molecule has 230 valence electrons. The lowest BCUT2D eigenvalue weighted by atomic mass is 10.0. The molecule has 0 saturated carbocycles. The molecular formula is C31H54N2O7. The molecule has 1 heterocycles. The second-order valence-corrected chi connectivity index (χ2v) is 8.03. The van der Waals surface area contributed by atoms with Gasteiger partial charge in [-0.25, -0.2) is 4.79 Å². The number of allylic oxidation sites excluding steroid dienone is 1. The molecule has 40 heavy (non-hydrogen) atoms. The Morgan fingerprint density at radius 2 is 1.65 bits per heavy atom. The lowest BCUT2D eigenvalue weighted by molar-refractivity contribution is -0.126. The maximum Gasteiger partial charge on any atom is 0.336 e. The number of ketones is 1. The van der Waals surface area contributed by atoms with E-state index < -0.39 is 5.97 Å². The average molecular weight is 567 g/mol. The van der Waals surface area contributed by atoms with Crippen molar-refractivity contribution in [3.05, 3.63) is 47.5 Å². The number of amidine groups is 1. The Morgan fingerprint density at radius 1 is 1.10 bits per heavy atom. The normalized spacial score (nSPS) is 15.2. The van der Waals surface area contributed by atoms with Crippen LogP contribution in [0.15, 0.2) is 41.4 Å². The maximum absolute atomic E-state index is 11.3. The van der Waals surface area contributed by atoms with Gasteiger partial charge < -0.3 is 20.3 Å². The van der Waals surface area contributed by atoms with E-state index >= 15 is 0 Å². The summed E-state index contributed by atoms with van der Waals surface area (Å²) < 4.78 is 9.52. The number of benzene rings is 1. The summed E-state index contributed by atoms with van der Waals surface area (Å²) >= 11 is 0. The fourth-order valence-electron chi connectivity index (χ4n) is 3.06. The number of carboxylic acids is 1. The zero-order valence-electron chi connectivity index (χ0n) is 25.1. The van der Waals surface area contributed by atoms with Gasteiger partial charge in [-0.15, -0.1) is 0 Å². The van der Waals surface area contributed by atoms with Gasteiger partial charge in [-0.2, -0.15) is 4.99 Å². The van der Waals surface area contributed by atoms with Gasteiger partial charge >= 0.3 is 5.97 Å². The van der Waals surface area contributed by atoms with Crippen LogP contribution in [0, 0.1) is 0 Å². The zero-order chi connectivity index (χ0) is 30.6. The van der Waals surface area contributed by atoms with Crippen molar-refractivity contribution in [2.24, 2.45) is 10.7 Å². The SMILES string of the molecule is C.C/C=C\C(N)=NC(=O)CC.CC.CCC(=O)c1ccccc1C(=O)O.CCCCC1CCC(C)O1.COC=O. The van der Waals surface area contributed by atoms with Crippen molar-refractivity contribution in [2.75, 3.05) is 7.11 Å². The molecule has 3 N–H and O–H groups in total. The van der Waals surface area contributed by atoms with Crippen LogP contribution in [0.1, 0.15) is 122 Å². The van der Waals surface area contributed by atoms with E-state index in [1.807, 2.05) is 20.8 Å². The van der Waals surface area contributed by atoms with Crippen molar-refractivity contribution in [1.82, 2.24) is 0 Å². The summed E-state index contributed by atoms with van der Waals surface area (Å²) in [7, 11) is 1.31. The first-order valence-electron chi connectivity index (χ1n) is 13.6. The molecule has 2 atom stereocenters. The van der Waals surface area contributed by atoms with E-state index in [1.165, 1.54) is 51.3 Å². The van der Waals surface area contributed by atoms with Crippen LogP contribution in [0.4, 0.5) is 0 Å². The molecule has 0 aromatic heterocycles. The summed E-state index contributed by atoms with van der Waals surface area (Å²) in [6.45, 7) is 14.1. The molecule has 1 saturated heterocycles. The Morgan fingerprint density at radius 3 is 2.02 bits per heavy atom. The van der Waals surface area contributed by atoms with Crippen molar-refractivity contribution in [3.8, 4) is 0 Å². The van der Waals surface area contributed by atoms with Crippen molar-refractivity contribution < 1.29 is 33.8 Å². The van der Waals surface area contributed by atoms with Gasteiger partial charge in [-0.1, -0.05) is 79.2 Å². The van der Waals surface area contributed by atoms with E-state index in [-0.39, 0.29) is 36.1 Å². The van der Waals surface area contributed by atoms with Crippen LogP contribution in [-0.2, 0) is 19.1 Å². The third-order valence-electron chi connectivity index (χ3n) is 4.97. The summed E-state index contributed by atoms with van der Waals surface area (Å²) in [5.41, 5.74) is 5.67. The standard InChI is InChI=1S/C10H10O3.C9H18O.C7H12N2O.C2H4O2.C2H6.CH4/c1-2-9(11)7-5-3-4-6-8(7)10(12)13;1-3-4-5-9-7-6-8(2)10-9;1-3-5-6(8)9-7(10)4-2;1-4-2-3;1-2;/h3-6H,2H2,1H3,(H,12,13);8-9H,3-7H2,1-2H3;3,5H,4H2,1-2H3,(H2,8,9,10);2H,1H3;1-2H3;1H4/b;;5-3-;;;. The molecule has 0 bridgehead atoms. The van der Waals surface area contributed by atoms with Crippen LogP contribution in [0.5, 0.6) is 0 Å². The number of aromatic carboxylic acids is 1. The van der Waals surface area contributed by atoms with Gasteiger partial charge in [0.1, 0.15) is 5.84 Å². The quantitative estimate of drug-likeness (QED) is 0.140. The number of Topliss-reactive ketones (excluding diaryl/α,β-unsaturated/α-hetero) is 1. The molecule has 1 aliphatic heterocycles. The second-order valence-electron chi connectivity index (χ2n) is 8.03. The first-order chi connectivity index (χ1) is 18.6. The summed E-state index contributed by atoms with van der Waals surface area (Å²) in [5.74, 6) is -1.11. The topological polar surface area (TPSA) is 145 Å². The number of unbranched alkanes of at least 4 members (excludes halogenated alkanes) is 1. The number of nitrogens with two attached hydrogens (primary N) is 1. The highest BCUT2D eigenvalue weighted by Crippen LogP contribution is 2.22. The molecule has 9 heteroatoms. The molecule has 1 aromatic carbocycles. The van der Waals surface area contributed by atoms with Gasteiger partial charge in [-0.3, -0.25) is 14.4 Å². The number of methoxy groups -OCH3 is 1. The second kappa shape index (κ2) is 30.2. The van der Waals surface area contributed by atoms with Gasteiger partial charge in [0, 0.05) is 18.4 Å². The molecular weight excluding hydrogens is 512 g/mol. The average Bonchev–Trinajstić information content (AvgIpc) is 3.38. The van der Waals surface area contributed by atoms with Crippen LogP contribution >= 0.6 is 0 Å². The number of rotatable bonds is 9. The smallest absolute Gasteiger partial charge is 0.336 e. The van der Waals surface area contributed by atoms with Crippen LogP contribution < -0.4 is 5.73 Å². The first-order valence-corrected chi connectivity index (χ1v) is 13.6. The summed E-state index contributed by atoms with van der Waals surface area (Å²) in [4.78, 5) is 45.1. The van der Waals surface area contributed by atoms with E-state index in [1.54, 1.807) is 38.1 Å². The summed E-state index contributed by atoms with van der Waals surface area (Å²) in [6.07, 6.45) is 11.6. The zero-order valence-corrected chi connectivity index (χ0v) is 25.1. The van der Waals surface area contributed by atoms with E-state index in [9.17, 15) is 14.4 Å². The lowest BCUT2D eigenvalue weighted by Gasteiger charge is -2.08. The molecule has 2 unspecified atom stereocenters. The number of carboxylic acid groups (broad SMARTS) is 1. The molecule has 1 amide bonds. The van der Waals surface area contributed by atoms with Crippen LogP contribution in [0.2, 0.25) is 0 Å². The van der Waals surface area contributed by atoms with E-state index in [0.717, 1.165) is 0 Å². The van der Waals surface area contributed by atoms with E-state index in [0.29, 0.717) is 31.5 Å². The highest BCUT2D eigenvalue weighted by atomic mass is 16.5. The highest BCUT2D eigenvalue weighted by Gasteiger charge is 2.20. The molecule has 1 fully saturated rings. The number of hydrogen-bond acceptors (Lipinski definition) is 6. The summed E-state index contributed by atoms with van der Waals surface area (Å²) in [5, 5.41) is 8.76. The number of carbonyl (C=O) groups excluding carboxylic acids is 3. The minimum Gasteiger partial charge on any atom is -0.478 e. The van der Waals surface area contributed by atoms with E-state index in [4.69, 9.17) is 20.4 Å². The van der Waals surface area contributed by atoms with Crippen LogP contribution in [0.3, 0.4) is 0 Å². The predicted molar refractivity (Wildman–Crippen MR) is 164 cm³/mol. The lowest BCUT2D eigenvalue weighted by Crippen LogP contribution is -2.10. The number of carbonyl (C=O) groups is 4. The van der Waals surface area contributed by atoms with Crippen molar-refractivity contribution in [3.63, 3.8) is 0 Å². The Bertz CT molecular complexity index is 867. The van der Waals surface area contributed by atoms with Gasteiger partial charge in [0.15, 0.2) is 5.78 Å². The molecule has 9 nitrogen and oxygen atoms in total. The largest absolute Gasteiger partial charge is 0.478 e.